The highest BCUT2D eigenvalue weighted by molar-refractivity contribution is 4.91. The van der Waals surface area contributed by atoms with Crippen molar-refractivity contribution in [2.24, 2.45) is 0 Å². The van der Waals surface area contributed by atoms with Crippen LogP contribution in [0.4, 0.5) is 0 Å². The Balaban J connectivity index is 2.06. The third kappa shape index (κ3) is 3.35. The van der Waals surface area contributed by atoms with Crippen molar-refractivity contribution in [3.63, 3.8) is 0 Å². The SMILES string of the molecule is OC[C@H]1O[C@H](O[C@@H]2C(O)OC[C@@H](O)[C@@H]2O)[C@H](O)[C@@H](O)[C@@H]1O. The van der Waals surface area contributed by atoms with E-state index in [4.69, 9.17) is 19.3 Å². The van der Waals surface area contributed by atoms with Gasteiger partial charge in [-0.25, -0.2) is 0 Å². The molecule has 7 N–H and O–H groups in total. The lowest BCUT2D eigenvalue weighted by molar-refractivity contribution is -0.352. The molecule has 2 aliphatic rings. The van der Waals surface area contributed by atoms with E-state index < -0.39 is 61.9 Å². The fraction of sp³-hybridized carbons (Fsp3) is 1.00. The van der Waals surface area contributed by atoms with Gasteiger partial charge < -0.3 is 50.0 Å². The van der Waals surface area contributed by atoms with Gasteiger partial charge in [-0.15, -0.1) is 0 Å². The van der Waals surface area contributed by atoms with Crippen LogP contribution in [0.25, 0.3) is 0 Å². The maximum atomic E-state index is 9.78. The molecule has 0 spiro atoms. The van der Waals surface area contributed by atoms with E-state index in [2.05, 4.69) is 0 Å². The maximum absolute atomic E-state index is 9.78. The number of hydrogen-bond donors (Lipinski definition) is 7. The molecule has 9 atom stereocenters. The lowest BCUT2D eigenvalue weighted by Crippen LogP contribution is -2.62. The fourth-order valence-electron chi connectivity index (χ4n) is 2.26. The fourth-order valence-corrected chi connectivity index (χ4v) is 2.26. The molecular weight excluding hydrogens is 292 g/mol. The van der Waals surface area contributed by atoms with Crippen LogP contribution in [0.2, 0.25) is 0 Å². The van der Waals surface area contributed by atoms with Gasteiger partial charge in [-0.05, 0) is 0 Å². The van der Waals surface area contributed by atoms with Crippen molar-refractivity contribution in [2.45, 2.75) is 55.3 Å². The molecule has 10 heteroatoms. The summed E-state index contributed by atoms with van der Waals surface area (Å²) in [5.74, 6) is 0. The highest BCUT2D eigenvalue weighted by Crippen LogP contribution is 2.26. The summed E-state index contributed by atoms with van der Waals surface area (Å²) in [6.07, 6.45) is -13.4. The molecule has 124 valence electrons. The Morgan fingerprint density at radius 2 is 1.57 bits per heavy atom. The van der Waals surface area contributed by atoms with Gasteiger partial charge in [0.1, 0.15) is 42.7 Å². The van der Waals surface area contributed by atoms with Crippen LogP contribution < -0.4 is 0 Å². The highest BCUT2D eigenvalue weighted by Gasteiger charge is 2.48. The first-order valence-corrected chi connectivity index (χ1v) is 6.48. The minimum absolute atomic E-state index is 0.295. The zero-order valence-corrected chi connectivity index (χ0v) is 11.0. The lowest BCUT2D eigenvalue weighted by Gasteiger charge is -2.43. The first-order chi connectivity index (χ1) is 9.86. The van der Waals surface area contributed by atoms with Crippen LogP contribution in [0.3, 0.4) is 0 Å². The summed E-state index contributed by atoms with van der Waals surface area (Å²) in [6.45, 7) is -0.934. The Bertz CT molecular complexity index is 339. The predicted octanol–water partition coefficient (Wildman–Crippen LogP) is -4.76. The van der Waals surface area contributed by atoms with Crippen LogP contribution in [0.5, 0.6) is 0 Å². The number of ether oxygens (including phenoxy) is 3. The van der Waals surface area contributed by atoms with Crippen molar-refractivity contribution in [1.82, 2.24) is 0 Å². The Hall–Kier alpha value is -0.400. The van der Waals surface area contributed by atoms with Crippen molar-refractivity contribution < 1.29 is 50.0 Å². The number of rotatable bonds is 3. The van der Waals surface area contributed by atoms with Gasteiger partial charge in [0.05, 0.1) is 13.2 Å². The van der Waals surface area contributed by atoms with Crippen LogP contribution in [-0.4, -0.2) is 104 Å². The van der Waals surface area contributed by atoms with Crippen molar-refractivity contribution in [2.75, 3.05) is 13.2 Å². The quantitative estimate of drug-likeness (QED) is 0.268. The van der Waals surface area contributed by atoms with Crippen molar-refractivity contribution >= 4 is 0 Å². The molecule has 2 rings (SSSR count). The molecule has 1 unspecified atom stereocenters. The standard InChI is InChI=1S/C11H20O10/c12-1-4-6(15)7(16)8(17)11(20-4)21-9-5(14)3(13)2-19-10(9)18/h3-18H,1-2H2/t3-,4-,5+,6-,7+,8-,9+,10?,11-/m1/s1. The van der Waals surface area contributed by atoms with E-state index in [1.54, 1.807) is 0 Å². The van der Waals surface area contributed by atoms with Gasteiger partial charge in [-0.2, -0.15) is 0 Å². The molecule has 2 heterocycles. The molecule has 10 nitrogen and oxygen atoms in total. The molecule has 2 fully saturated rings. The molecule has 0 aromatic carbocycles. The van der Waals surface area contributed by atoms with Gasteiger partial charge in [0.25, 0.3) is 0 Å². The second-order valence-corrected chi connectivity index (χ2v) is 5.08. The lowest BCUT2D eigenvalue weighted by atomic mass is 9.99. The molecule has 0 amide bonds. The van der Waals surface area contributed by atoms with E-state index >= 15 is 0 Å². The Morgan fingerprint density at radius 3 is 2.19 bits per heavy atom. The first-order valence-electron chi connectivity index (χ1n) is 6.48. The molecule has 0 aliphatic carbocycles. The first kappa shape index (κ1) is 17.0. The van der Waals surface area contributed by atoms with Crippen molar-refractivity contribution in [3.05, 3.63) is 0 Å². The van der Waals surface area contributed by atoms with Crippen LogP contribution >= 0.6 is 0 Å². The summed E-state index contributed by atoms with van der Waals surface area (Å²) in [5.41, 5.74) is 0. The zero-order valence-electron chi connectivity index (χ0n) is 11.0. The van der Waals surface area contributed by atoms with E-state index in [0.717, 1.165) is 0 Å². The minimum Gasteiger partial charge on any atom is -0.394 e. The Labute approximate surface area is 119 Å². The van der Waals surface area contributed by atoms with Gasteiger partial charge in [0.2, 0.25) is 0 Å². The van der Waals surface area contributed by atoms with E-state index in [0.29, 0.717) is 0 Å². The van der Waals surface area contributed by atoms with E-state index in [1.807, 2.05) is 0 Å². The monoisotopic (exact) mass is 312 g/mol. The van der Waals surface area contributed by atoms with Crippen molar-refractivity contribution in [3.8, 4) is 0 Å². The van der Waals surface area contributed by atoms with Crippen molar-refractivity contribution in [1.29, 1.82) is 0 Å². The normalized spacial score (nSPS) is 51.9. The van der Waals surface area contributed by atoms with Crippen LogP contribution in [0, 0.1) is 0 Å². The smallest absolute Gasteiger partial charge is 0.187 e. The van der Waals surface area contributed by atoms with Crippen LogP contribution in [-0.2, 0) is 14.2 Å². The van der Waals surface area contributed by atoms with E-state index in [-0.39, 0.29) is 6.61 Å². The van der Waals surface area contributed by atoms with E-state index in [1.165, 1.54) is 0 Å². The molecule has 0 bridgehead atoms. The molecule has 2 aliphatic heterocycles. The van der Waals surface area contributed by atoms with Crippen LogP contribution in [0.15, 0.2) is 0 Å². The summed E-state index contributed by atoms with van der Waals surface area (Å²) in [6, 6.07) is 0. The summed E-state index contributed by atoms with van der Waals surface area (Å²) in [4.78, 5) is 0. The Kier molecular flexibility index (Phi) is 5.48. The third-order valence-electron chi connectivity index (χ3n) is 3.59. The Morgan fingerprint density at radius 1 is 0.905 bits per heavy atom. The topological polar surface area (TPSA) is 169 Å². The minimum atomic E-state index is -1.68. The second kappa shape index (κ2) is 6.79. The van der Waals surface area contributed by atoms with Gasteiger partial charge in [-0.3, -0.25) is 0 Å². The average Bonchev–Trinajstić information content (AvgIpc) is 2.47. The van der Waals surface area contributed by atoms with Gasteiger partial charge in [-0.1, -0.05) is 0 Å². The molecule has 0 aromatic rings. The van der Waals surface area contributed by atoms with Gasteiger partial charge in [0, 0.05) is 0 Å². The number of hydrogen-bond acceptors (Lipinski definition) is 10. The average molecular weight is 312 g/mol. The maximum Gasteiger partial charge on any atom is 0.187 e. The predicted molar refractivity (Wildman–Crippen MR) is 62.6 cm³/mol. The summed E-state index contributed by atoms with van der Waals surface area (Å²) < 4.78 is 15.0. The molecule has 2 saturated heterocycles. The number of aliphatic hydroxyl groups excluding tert-OH is 7. The van der Waals surface area contributed by atoms with Gasteiger partial charge >= 0.3 is 0 Å². The van der Waals surface area contributed by atoms with Gasteiger partial charge in [0.15, 0.2) is 12.6 Å². The molecule has 21 heavy (non-hydrogen) atoms. The van der Waals surface area contributed by atoms with E-state index in [9.17, 15) is 30.6 Å². The molecule has 0 aromatic heterocycles. The molecule has 0 radical (unpaired) electrons. The summed E-state index contributed by atoms with van der Waals surface area (Å²) in [5, 5.41) is 66.8. The second-order valence-electron chi connectivity index (χ2n) is 5.08. The molecule has 0 saturated carbocycles. The summed E-state index contributed by atoms with van der Waals surface area (Å²) >= 11 is 0. The highest BCUT2D eigenvalue weighted by atomic mass is 16.7. The third-order valence-corrected chi connectivity index (χ3v) is 3.59. The zero-order chi connectivity index (χ0) is 15.7. The largest absolute Gasteiger partial charge is 0.394 e. The number of aliphatic hydroxyl groups is 7. The molecular formula is C11H20O10. The van der Waals surface area contributed by atoms with Crippen LogP contribution in [0.1, 0.15) is 0 Å². The summed E-state index contributed by atoms with van der Waals surface area (Å²) in [7, 11) is 0.